The van der Waals surface area contributed by atoms with Gasteiger partial charge in [-0.2, -0.15) is 10.2 Å². The van der Waals surface area contributed by atoms with Crippen LogP contribution < -0.4 is 15.0 Å². The maximum Gasteiger partial charge on any atom is 0.276 e. The summed E-state index contributed by atoms with van der Waals surface area (Å²) < 4.78 is 6.90. The van der Waals surface area contributed by atoms with Crippen LogP contribution >= 0.6 is 11.6 Å². The Hall–Kier alpha value is -4.37. The molecule has 6 rings (SSSR count). The maximum absolute atomic E-state index is 13.0. The summed E-state index contributed by atoms with van der Waals surface area (Å²) in [6.45, 7) is 1.54. The third kappa shape index (κ3) is 3.85. The van der Waals surface area contributed by atoms with Gasteiger partial charge in [-0.25, -0.2) is 9.50 Å². The Kier molecular flexibility index (Phi) is 5.11. The minimum Gasteiger partial charge on any atom is -0.495 e. The first kappa shape index (κ1) is 21.2. The van der Waals surface area contributed by atoms with Crippen molar-refractivity contribution in [2.24, 2.45) is 0 Å². The molecule has 3 aromatic heterocycles. The second-order valence-corrected chi connectivity index (χ2v) is 8.62. The molecule has 2 N–H and O–H groups in total. The first-order valence-corrected chi connectivity index (χ1v) is 11.3. The minimum atomic E-state index is -0.367. The Morgan fingerprint density at radius 2 is 1.91 bits per heavy atom. The molecule has 35 heavy (non-hydrogen) atoms. The highest BCUT2D eigenvalue weighted by molar-refractivity contribution is 6.32. The summed E-state index contributed by atoms with van der Waals surface area (Å²) in [6.07, 6.45) is 3.51. The van der Waals surface area contributed by atoms with Crippen molar-refractivity contribution < 1.29 is 9.53 Å². The molecule has 0 atom stereocenters. The topological polar surface area (TPSA) is 100 Å². The predicted octanol–water partition coefficient (Wildman–Crippen LogP) is 4.55. The largest absolute Gasteiger partial charge is 0.495 e. The number of halogens is 1. The van der Waals surface area contributed by atoms with Gasteiger partial charge in [0.05, 0.1) is 24.0 Å². The number of nitrogens with zero attached hydrogens (tertiary/aromatic N) is 5. The van der Waals surface area contributed by atoms with Crippen LogP contribution in [0.3, 0.4) is 0 Å². The number of methoxy groups -OCH3 is 1. The molecule has 0 unspecified atom stereocenters. The fraction of sp³-hybridized carbons (Fsp3) is 0.120. The summed E-state index contributed by atoms with van der Waals surface area (Å²) in [6, 6.07) is 17.1. The maximum atomic E-state index is 13.0. The molecule has 0 bridgehead atoms. The van der Waals surface area contributed by atoms with Crippen molar-refractivity contribution >= 4 is 34.7 Å². The first-order chi connectivity index (χ1) is 17.1. The van der Waals surface area contributed by atoms with Crippen LogP contribution in [0.1, 0.15) is 21.6 Å². The standard InChI is InChI=1S/C25H20ClN7O2/c1-35-22-8-18(6-7-19(22)26)29-25(34)20-9-24-30-23(32-13-15-4-2-3-5-16(15)14-32)10-21(33(24)31-20)17-11-27-28-12-17/h2-12H,13-14H2,1H3,(H,27,28)(H,29,34). The Labute approximate surface area is 205 Å². The van der Waals surface area contributed by atoms with Crippen molar-refractivity contribution in [3.8, 4) is 17.0 Å². The Morgan fingerprint density at radius 1 is 1.11 bits per heavy atom. The summed E-state index contributed by atoms with van der Waals surface area (Å²) in [4.78, 5) is 20.1. The predicted molar refractivity (Wildman–Crippen MR) is 133 cm³/mol. The van der Waals surface area contributed by atoms with Crippen LogP contribution in [0, 0.1) is 0 Å². The molecule has 9 nitrogen and oxygen atoms in total. The number of hydrogen-bond donors (Lipinski definition) is 2. The second kappa shape index (κ2) is 8.44. The molecule has 1 aliphatic heterocycles. The summed E-state index contributed by atoms with van der Waals surface area (Å²) >= 11 is 6.09. The number of benzene rings is 2. The molecule has 0 aliphatic carbocycles. The van der Waals surface area contributed by atoms with E-state index in [2.05, 4.69) is 37.6 Å². The lowest BCUT2D eigenvalue weighted by molar-refractivity contribution is 0.102. The van der Waals surface area contributed by atoms with Gasteiger partial charge in [0.1, 0.15) is 11.6 Å². The molecule has 0 saturated heterocycles. The molecule has 1 amide bonds. The van der Waals surface area contributed by atoms with Crippen molar-refractivity contribution in [1.29, 1.82) is 0 Å². The summed E-state index contributed by atoms with van der Waals surface area (Å²) in [5.74, 6) is 0.909. The van der Waals surface area contributed by atoms with Crippen LogP contribution in [0.2, 0.25) is 5.02 Å². The number of aromatic amines is 1. The smallest absolute Gasteiger partial charge is 0.276 e. The van der Waals surface area contributed by atoms with Crippen LogP contribution in [0.25, 0.3) is 16.9 Å². The summed E-state index contributed by atoms with van der Waals surface area (Å²) in [5, 5.41) is 14.8. The molecule has 1 aliphatic rings. The summed E-state index contributed by atoms with van der Waals surface area (Å²) in [5.41, 5.74) is 5.53. The van der Waals surface area contributed by atoms with Gasteiger partial charge in [-0.3, -0.25) is 9.89 Å². The zero-order valence-corrected chi connectivity index (χ0v) is 19.5. The zero-order valence-electron chi connectivity index (χ0n) is 18.7. The number of amides is 1. The molecule has 174 valence electrons. The molecule has 0 spiro atoms. The Bertz CT molecular complexity index is 1540. The molecule has 0 fully saturated rings. The molecule has 2 aromatic carbocycles. The third-order valence-corrected chi connectivity index (χ3v) is 6.33. The first-order valence-electron chi connectivity index (χ1n) is 11.0. The van der Waals surface area contributed by atoms with E-state index in [0.717, 1.165) is 30.2 Å². The fourth-order valence-corrected chi connectivity index (χ4v) is 4.45. The SMILES string of the molecule is COc1cc(NC(=O)c2cc3nc(N4Cc5ccccc5C4)cc(-c4cn[nH]c4)n3n2)ccc1Cl. The van der Waals surface area contributed by atoms with E-state index in [0.29, 0.717) is 22.1 Å². The number of ether oxygens (including phenoxy) is 1. The number of fused-ring (bicyclic) bond motifs is 2. The third-order valence-electron chi connectivity index (χ3n) is 6.01. The molecular formula is C25H20ClN7O2. The van der Waals surface area contributed by atoms with Gasteiger partial charge in [0, 0.05) is 48.7 Å². The van der Waals surface area contributed by atoms with E-state index < -0.39 is 0 Å². The van der Waals surface area contributed by atoms with E-state index in [9.17, 15) is 4.79 Å². The van der Waals surface area contributed by atoms with E-state index in [1.165, 1.54) is 18.2 Å². The zero-order chi connectivity index (χ0) is 23.9. The average Bonchev–Trinajstić information content (AvgIpc) is 3.63. The molecule has 0 radical (unpaired) electrons. The molecule has 4 heterocycles. The van der Waals surface area contributed by atoms with Gasteiger partial charge >= 0.3 is 0 Å². The number of H-pyrrole nitrogens is 1. The van der Waals surface area contributed by atoms with E-state index >= 15 is 0 Å². The normalized spacial score (nSPS) is 12.7. The fourth-order valence-electron chi connectivity index (χ4n) is 4.26. The van der Waals surface area contributed by atoms with Gasteiger partial charge in [-0.1, -0.05) is 35.9 Å². The number of hydrogen-bond acceptors (Lipinski definition) is 6. The minimum absolute atomic E-state index is 0.234. The van der Waals surface area contributed by atoms with Crippen molar-refractivity contribution in [1.82, 2.24) is 24.8 Å². The van der Waals surface area contributed by atoms with Crippen LogP contribution in [-0.2, 0) is 13.1 Å². The number of rotatable bonds is 5. The Morgan fingerprint density at radius 3 is 2.63 bits per heavy atom. The van der Waals surface area contributed by atoms with Gasteiger partial charge in [0.25, 0.3) is 5.91 Å². The van der Waals surface area contributed by atoms with Crippen LogP contribution in [0.15, 0.2) is 67.0 Å². The van der Waals surface area contributed by atoms with Crippen molar-refractivity contribution in [3.05, 3.63) is 88.8 Å². The molecule has 0 saturated carbocycles. The van der Waals surface area contributed by atoms with Gasteiger partial charge in [0.15, 0.2) is 11.3 Å². The lowest BCUT2D eigenvalue weighted by Crippen LogP contribution is -2.17. The van der Waals surface area contributed by atoms with Gasteiger partial charge in [0.2, 0.25) is 0 Å². The van der Waals surface area contributed by atoms with E-state index in [-0.39, 0.29) is 11.6 Å². The molecular weight excluding hydrogens is 466 g/mol. The number of carbonyl (C=O) groups excluding carboxylic acids is 1. The molecule has 10 heteroatoms. The number of anilines is 2. The molecule has 5 aromatic rings. The van der Waals surface area contributed by atoms with Crippen molar-refractivity contribution in [2.45, 2.75) is 13.1 Å². The van der Waals surface area contributed by atoms with Crippen molar-refractivity contribution in [2.75, 3.05) is 17.3 Å². The highest BCUT2D eigenvalue weighted by Gasteiger charge is 2.23. The van der Waals surface area contributed by atoms with Crippen LogP contribution in [-0.4, -0.2) is 37.8 Å². The number of nitrogens with one attached hydrogen (secondary N) is 2. The van der Waals surface area contributed by atoms with Crippen molar-refractivity contribution in [3.63, 3.8) is 0 Å². The van der Waals surface area contributed by atoms with Crippen LogP contribution in [0.5, 0.6) is 5.75 Å². The number of aromatic nitrogens is 5. The highest BCUT2D eigenvalue weighted by atomic mass is 35.5. The van der Waals surface area contributed by atoms with E-state index in [4.69, 9.17) is 21.3 Å². The average molecular weight is 486 g/mol. The van der Waals surface area contributed by atoms with Gasteiger partial charge < -0.3 is 15.0 Å². The van der Waals surface area contributed by atoms with E-state index in [1.807, 2.05) is 18.2 Å². The van der Waals surface area contributed by atoms with Crippen LogP contribution in [0.4, 0.5) is 11.5 Å². The lowest BCUT2D eigenvalue weighted by Gasteiger charge is -2.17. The summed E-state index contributed by atoms with van der Waals surface area (Å²) in [7, 11) is 1.52. The lowest BCUT2D eigenvalue weighted by atomic mass is 10.1. The Balaban J connectivity index is 1.37. The van der Waals surface area contributed by atoms with Gasteiger partial charge in [-0.15, -0.1) is 0 Å². The van der Waals surface area contributed by atoms with E-state index in [1.54, 1.807) is 41.2 Å². The highest BCUT2D eigenvalue weighted by Crippen LogP contribution is 2.31. The quantitative estimate of drug-likeness (QED) is 0.378. The number of carbonyl (C=O) groups is 1. The van der Waals surface area contributed by atoms with Gasteiger partial charge in [-0.05, 0) is 23.3 Å². The second-order valence-electron chi connectivity index (χ2n) is 8.21. The monoisotopic (exact) mass is 485 g/mol.